The van der Waals surface area contributed by atoms with Crippen molar-refractivity contribution >= 4 is 21.6 Å². The predicted molar refractivity (Wildman–Crippen MR) is 109 cm³/mol. The number of piperidine rings is 1. The Balaban J connectivity index is 1.84. The van der Waals surface area contributed by atoms with Crippen molar-refractivity contribution in [1.82, 2.24) is 9.62 Å². The molecule has 29 heavy (non-hydrogen) atoms. The van der Waals surface area contributed by atoms with Gasteiger partial charge in [-0.05, 0) is 30.9 Å². The van der Waals surface area contributed by atoms with Crippen molar-refractivity contribution in [2.24, 2.45) is 5.92 Å². The van der Waals surface area contributed by atoms with E-state index >= 15 is 0 Å². The topological polar surface area (TPSA) is 83.6 Å². The molecule has 1 saturated heterocycles. The lowest BCUT2D eigenvalue weighted by molar-refractivity contribution is 0.0920. The first-order valence-corrected chi connectivity index (χ1v) is 11.1. The van der Waals surface area contributed by atoms with Gasteiger partial charge in [-0.15, -0.1) is 0 Å². The van der Waals surface area contributed by atoms with Gasteiger partial charge in [-0.25, -0.2) is 8.42 Å². The van der Waals surface area contributed by atoms with Gasteiger partial charge in [0.25, 0.3) is 10.0 Å². The Bertz CT molecular complexity index is 1110. The van der Waals surface area contributed by atoms with Gasteiger partial charge >= 0.3 is 0 Å². The van der Waals surface area contributed by atoms with Crippen LogP contribution in [0, 0.1) is 5.92 Å². The first-order valence-electron chi connectivity index (χ1n) is 9.64. The summed E-state index contributed by atoms with van der Waals surface area (Å²) in [5.41, 5.74) is 0.525. The van der Waals surface area contributed by atoms with Gasteiger partial charge in [-0.2, -0.15) is 0 Å². The lowest BCUT2D eigenvalue weighted by Gasteiger charge is -2.36. The SMILES string of the molecule is CC1CCCN(C2=C(NS(=O)(=O)c3ccccc3)C(=O)c3ccccc3C2=O)C1. The number of allylic oxidation sites excluding steroid dienone is 2. The van der Waals surface area contributed by atoms with Crippen LogP contribution < -0.4 is 4.72 Å². The highest BCUT2D eigenvalue weighted by Crippen LogP contribution is 2.31. The predicted octanol–water partition coefficient (Wildman–Crippen LogP) is 2.99. The summed E-state index contributed by atoms with van der Waals surface area (Å²) < 4.78 is 28.3. The van der Waals surface area contributed by atoms with Crippen molar-refractivity contribution in [3.8, 4) is 0 Å². The number of nitrogens with zero attached hydrogens (tertiary/aromatic N) is 1. The Hall–Kier alpha value is -2.93. The van der Waals surface area contributed by atoms with Gasteiger partial charge in [0, 0.05) is 24.2 Å². The van der Waals surface area contributed by atoms with E-state index in [0.717, 1.165) is 12.8 Å². The summed E-state index contributed by atoms with van der Waals surface area (Å²) in [7, 11) is -4.01. The van der Waals surface area contributed by atoms with E-state index in [9.17, 15) is 18.0 Å². The molecular formula is C22H22N2O4S. The van der Waals surface area contributed by atoms with E-state index in [-0.39, 0.29) is 27.6 Å². The molecular weight excluding hydrogens is 388 g/mol. The molecule has 0 radical (unpaired) electrons. The van der Waals surface area contributed by atoms with Crippen molar-refractivity contribution in [3.05, 3.63) is 77.1 Å². The molecule has 1 N–H and O–H groups in total. The molecule has 0 spiro atoms. The highest BCUT2D eigenvalue weighted by Gasteiger charge is 2.38. The Morgan fingerprint density at radius 3 is 2.21 bits per heavy atom. The molecule has 0 saturated carbocycles. The molecule has 150 valence electrons. The van der Waals surface area contributed by atoms with E-state index in [1.165, 1.54) is 12.1 Å². The lowest BCUT2D eigenvalue weighted by atomic mass is 9.88. The molecule has 1 unspecified atom stereocenters. The Morgan fingerprint density at radius 2 is 1.55 bits per heavy atom. The van der Waals surface area contributed by atoms with Gasteiger partial charge in [-0.3, -0.25) is 14.3 Å². The van der Waals surface area contributed by atoms with E-state index in [1.807, 2.05) is 4.90 Å². The second-order valence-corrected chi connectivity index (χ2v) is 9.22. The number of likely N-dealkylation sites (tertiary alicyclic amines) is 1. The highest BCUT2D eigenvalue weighted by atomic mass is 32.2. The maximum atomic E-state index is 13.3. The summed E-state index contributed by atoms with van der Waals surface area (Å²) in [6.45, 7) is 3.30. The molecule has 7 heteroatoms. The third-order valence-electron chi connectivity index (χ3n) is 5.36. The first kappa shape index (κ1) is 19.4. The summed E-state index contributed by atoms with van der Waals surface area (Å²) in [6, 6.07) is 14.4. The minimum absolute atomic E-state index is 0.0398. The van der Waals surface area contributed by atoms with Gasteiger partial charge in [0.1, 0.15) is 11.4 Å². The number of ketones is 2. The Kier molecular flexibility index (Phi) is 5.00. The third kappa shape index (κ3) is 3.58. The van der Waals surface area contributed by atoms with E-state index < -0.39 is 15.8 Å². The first-order chi connectivity index (χ1) is 13.9. The van der Waals surface area contributed by atoms with E-state index in [0.29, 0.717) is 24.6 Å². The minimum atomic E-state index is -4.01. The largest absolute Gasteiger partial charge is 0.366 e. The van der Waals surface area contributed by atoms with E-state index in [1.54, 1.807) is 42.5 Å². The zero-order chi connectivity index (χ0) is 20.6. The quantitative estimate of drug-likeness (QED) is 0.838. The third-order valence-corrected chi connectivity index (χ3v) is 6.72. The van der Waals surface area contributed by atoms with Crippen LogP contribution in [0.3, 0.4) is 0 Å². The van der Waals surface area contributed by atoms with Gasteiger partial charge in [0.15, 0.2) is 0 Å². The Morgan fingerprint density at radius 1 is 0.931 bits per heavy atom. The maximum absolute atomic E-state index is 13.3. The zero-order valence-electron chi connectivity index (χ0n) is 16.1. The molecule has 1 atom stereocenters. The van der Waals surface area contributed by atoms with Crippen molar-refractivity contribution in [3.63, 3.8) is 0 Å². The van der Waals surface area contributed by atoms with Crippen LogP contribution in [0.1, 0.15) is 40.5 Å². The summed E-state index contributed by atoms with van der Waals surface area (Å²) in [5.74, 6) is -0.448. The molecule has 1 aliphatic heterocycles. The second kappa shape index (κ2) is 7.48. The monoisotopic (exact) mass is 410 g/mol. The molecule has 2 aromatic rings. The average molecular weight is 410 g/mol. The van der Waals surface area contributed by atoms with Gasteiger partial charge in [0.05, 0.1) is 4.90 Å². The molecule has 1 aliphatic carbocycles. The molecule has 4 rings (SSSR count). The van der Waals surface area contributed by atoms with Crippen LogP contribution in [-0.2, 0) is 10.0 Å². The second-order valence-electron chi connectivity index (χ2n) is 7.54. The van der Waals surface area contributed by atoms with Crippen LogP contribution in [0.25, 0.3) is 0 Å². The van der Waals surface area contributed by atoms with Crippen LogP contribution in [0.4, 0.5) is 0 Å². The summed E-state index contributed by atoms with van der Waals surface area (Å²) in [6.07, 6.45) is 1.92. The number of carbonyl (C=O) groups excluding carboxylic acids is 2. The number of sulfonamides is 1. The van der Waals surface area contributed by atoms with Crippen molar-refractivity contribution in [2.75, 3.05) is 13.1 Å². The maximum Gasteiger partial charge on any atom is 0.262 e. The number of benzene rings is 2. The summed E-state index contributed by atoms with van der Waals surface area (Å²) in [5, 5.41) is 0. The number of fused-ring (bicyclic) bond motifs is 1. The molecule has 0 aromatic heterocycles. The lowest BCUT2D eigenvalue weighted by Crippen LogP contribution is -2.43. The molecule has 1 fully saturated rings. The molecule has 2 aromatic carbocycles. The van der Waals surface area contributed by atoms with Crippen LogP contribution in [0.15, 0.2) is 70.9 Å². The van der Waals surface area contributed by atoms with Crippen molar-refractivity contribution < 1.29 is 18.0 Å². The van der Waals surface area contributed by atoms with Gasteiger partial charge < -0.3 is 4.90 Å². The van der Waals surface area contributed by atoms with Crippen molar-refractivity contribution in [2.45, 2.75) is 24.7 Å². The summed E-state index contributed by atoms with van der Waals surface area (Å²) in [4.78, 5) is 28.5. The zero-order valence-corrected chi connectivity index (χ0v) is 16.9. The fraction of sp³-hybridized carbons (Fsp3) is 0.273. The highest BCUT2D eigenvalue weighted by molar-refractivity contribution is 7.89. The molecule has 0 amide bonds. The fourth-order valence-electron chi connectivity index (χ4n) is 3.94. The van der Waals surface area contributed by atoms with Crippen LogP contribution in [0.2, 0.25) is 0 Å². The standard InChI is InChI=1S/C22H22N2O4S/c1-15-8-7-13-24(14-15)20-19(23-29(27,28)16-9-3-2-4-10-16)21(25)17-11-5-6-12-18(17)22(20)26/h2-6,9-12,15,23H,7-8,13-14H2,1H3. The summed E-state index contributed by atoms with van der Waals surface area (Å²) >= 11 is 0. The van der Waals surface area contributed by atoms with Gasteiger partial charge in [0.2, 0.25) is 11.6 Å². The fourth-order valence-corrected chi connectivity index (χ4v) is 5.04. The smallest absolute Gasteiger partial charge is 0.262 e. The number of hydrogen-bond donors (Lipinski definition) is 1. The number of nitrogens with one attached hydrogen (secondary N) is 1. The number of rotatable bonds is 4. The average Bonchev–Trinajstić information content (AvgIpc) is 2.72. The van der Waals surface area contributed by atoms with Crippen LogP contribution >= 0.6 is 0 Å². The van der Waals surface area contributed by atoms with Crippen molar-refractivity contribution in [1.29, 1.82) is 0 Å². The molecule has 2 aliphatic rings. The molecule has 6 nitrogen and oxygen atoms in total. The number of Topliss-reactive ketones (excluding diaryl/α,β-unsaturated/α-hetero) is 2. The van der Waals surface area contributed by atoms with Gasteiger partial charge in [-0.1, -0.05) is 49.4 Å². The molecule has 0 bridgehead atoms. The van der Waals surface area contributed by atoms with E-state index in [4.69, 9.17) is 0 Å². The number of hydrogen-bond acceptors (Lipinski definition) is 5. The van der Waals surface area contributed by atoms with E-state index in [2.05, 4.69) is 11.6 Å². The van der Waals surface area contributed by atoms with Crippen LogP contribution in [0.5, 0.6) is 0 Å². The van der Waals surface area contributed by atoms with Crippen LogP contribution in [-0.4, -0.2) is 38.0 Å². The minimum Gasteiger partial charge on any atom is -0.366 e. The number of carbonyl (C=O) groups is 2. The Labute approximate surface area is 170 Å². The molecule has 1 heterocycles. The normalized spacial score (nSPS) is 19.9.